The number of imidazole rings is 2. The van der Waals surface area contributed by atoms with E-state index in [9.17, 15) is 4.39 Å². The zero-order valence-corrected chi connectivity index (χ0v) is 13.1. The molecular weight excluding hydrogens is 338 g/mol. The summed E-state index contributed by atoms with van der Waals surface area (Å²) < 4.78 is 16.8. The normalized spacial score (nSPS) is 9.81. The fraction of sp³-hybridized carbons (Fsp3) is 0.0769. The zero-order valence-electron chi connectivity index (χ0n) is 10.7. The minimum Gasteiger partial charge on any atom is -0.331 e. The number of benzene rings is 1. The van der Waals surface area contributed by atoms with E-state index < -0.39 is 5.82 Å². The van der Waals surface area contributed by atoms with Crippen molar-refractivity contribution in [3.8, 4) is 5.69 Å². The van der Waals surface area contributed by atoms with Gasteiger partial charge in [0, 0.05) is 24.3 Å². The molecule has 0 spiro atoms. The van der Waals surface area contributed by atoms with Crippen molar-refractivity contribution in [1.82, 2.24) is 19.1 Å². The number of halogens is 4. The summed E-state index contributed by atoms with van der Waals surface area (Å²) in [4.78, 5) is 8.27. The molecule has 0 aliphatic rings. The van der Waals surface area contributed by atoms with Crippen LogP contribution in [0.1, 0.15) is 5.69 Å². The van der Waals surface area contributed by atoms with Crippen LogP contribution in [0.25, 0.3) is 5.69 Å². The number of hydrogen-bond acceptors (Lipinski definition) is 2. The summed E-state index contributed by atoms with van der Waals surface area (Å²) in [6.45, 7) is 0.641. The fourth-order valence-corrected chi connectivity index (χ4v) is 1.97. The van der Waals surface area contributed by atoms with Crippen LogP contribution < -0.4 is 0 Å². The van der Waals surface area contributed by atoms with Crippen LogP contribution in [0.4, 0.5) is 4.39 Å². The van der Waals surface area contributed by atoms with Gasteiger partial charge in [-0.15, -0.1) is 24.8 Å². The predicted molar refractivity (Wildman–Crippen MR) is 84.4 cm³/mol. The minimum absolute atomic E-state index is 0. The van der Waals surface area contributed by atoms with Gasteiger partial charge in [-0.25, -0.2) is 14.4 Å². The molecule has 3 aromatic rings. The number of hydrogen-bond donors (Lipinski definition) is 0. The first kappa shape index (κ1) is 17.5. The Morgan fingerprint density at radius 1 is 1.19 bits per heavy atom. The summed E-state index contributed by atoms with van der Waals surface area (Å²) in [6, 6.07) is 4.57. The molecule has 2 heterocycles. The summed E-state index contributed by atoms with van der Waals surface area (Å²) in [6.07, 6.45) is 8.87. The van der Waals surface area contributed by atoms with Crippen molar-refractivity contribution in [3.63, 3.8) is 0 Å². The SMILES string of the molecule is Cl.Cl.Fc1ccc(-n2cnc(Cn3ccnc3)c2)cc1Cl. The summed E-state index contributed by atoms with van der Waals surface area (Å²) >= 11 is 5.76. The summed E-state index contributed by atoms with van der Waals surface area (Å²) in [5.74, 6) is -0.427. The molecule has 0 aliphatic heterocycles. The van der Waals surface area contributed by atoms with Gasteiger partial charge in [-0.3, -0.25) is 0 Å². The van der Waals surface area contributed by atoms with E-state index in [1.807, 2.05) is 17.0 Å². The second kappa shape index (κ2) is 7.45. The van der Waals surface area contributed by atoms with E-state index in [4.69, 9.17) is 11.6 Å². The van der Waals surface area contributed by atoms with Gasteiger partial charge < -0.3 is 9.13 Å². The molecule has 0 unspecified atom stereocenters. The van der Waals surface area contributed by atoms with Gasteiger partial charge in [0.25, 0.3) is 0 Å². The van der Waals surface area contributed by atoms with E-state index in [1.165, 1.54) is 6.07 Å². The number of aromatic nitrogens is 4. The van der Waals surface area contributed by atoms with E-state index in [0.29, 0.717) is 6.54 Å². The molecule has 0 radical (unpaired) electrons. The molecule has 0 amide bonds. The zero-order chi connectivity index (χ0) is 13.2. The Balaban J connectivity index is 0.00000110. The number of rotatable bonds is 3. The average molecular weight is 350 g/mol. The molecule has 0 atom stereocenters. The third-order valence-corrected chi connectivity index (χ3v) is 3.03. The highest BCUT2D eigenvalue weighted by molar-refractivity contribution is 6.30. The third kappa shape index (κ3) is 3.97. The van der Waals surface area contributed by atoms with Gasteiger partial charge in [-0.2, -0.15) is 0 Å². The molecule has 0 bridgehead atoms. The first-order chi connectivity index (χ1) is 9.22. The fourth-order valence-electron chi connectivity index (χ4n) is 1.80. The Hall–Kier alpha value is -1.56. The minimum atomic E-state index is -0.427. The molecule has 3 rings (SSSR count). The van der Waals surface area contributed by atoms with Crippen LogP contribution in [0.5, 0.6) is 0 Å². The molecule has 8 heteroatoms. The van der Waals surface area contributed by atoms with Crippen LogP contribution in [0.15, 0.2) is 49.4 Å². The first-order valence-corrected chi connectivity index (χ1v) is 6.04. The van der Waals surface area contributed by atoms with Gasteiger partial charge in [0.05, 0.1) is 29.9 Å². The highest BCUT2D eigenvalue weighted by Gasteiger charge is 2.05. The summed E-state index contributed by atoms with van der Waals surface area (Å²) in [5.41, 5.74) is 1.66. The molecule has 112 valence electrons. The Kier molecular flexibility index (Phi) is 6.20. The maximum Gasteiger partial charge on any atom is 0.141 e. The molecular formula is C13H12Cl3FN4. The molecule has 21 heavy (non-hydrogen) atoms. The van der Waals surface area contributed by atoms with Gasteiger partial charge in [0.1, 0.15) is 5.82 Å². The third-order valence-electron chi connectivity index (χ3n) is 2.74. The second-order valence-electron chi connectivity index (χ2n) is 4.11. The highest BCUT2D eigenvalue weighted by Crippen LogP contribution is 2.19. The first-order valence-electron chi connectivity index (χ1n) is 5.66. The van der Waals surface area contributed by atoms with E-state index in [-0.39, 0.29) is 29.8 Å². The lowest BCUT2D eigenvalue weighted by Gasteiger charge is -2.02. The molecule has 0 saturated carbocycles. The molecule has 0 N–H and O–H groups in total. The maximum absolute atomic E-state index is 13.1. The lowest BCUT2D eigenvalue weighted by Crippen LogP contribution is -1.96. The van der Waals surface area contributed by atoms with Gasteiger partial charge >= 0.3 is 0 Å². The van der Waals surface area contributed by atoms with Crippen LogP contribution in [0.2, 0.25) is 5.02 Å². The van der Waals surface area contributed by atoms with Crippen molar-refractivity contribution in [3.05, 3.63) is 66.0 Å². The quantitative estimate of drug-likeness (QED) is 0.722. The van der Waals surface area contributed by atoms with Gasteiger partial charge in [-0.1, -0.05) is 11.6 Å². The van der Waals surface area contributed by atoms with Crippen LogP contribution >= 0.6 is 36.4 Å². The van der Waals surface area contributed by atoms with Gasteiger partial charge in [0.2, 0.25) is 0 Å². The van der Waals surface area contributed by atoms with Gasteiger partial charge in [0.15, 0.2) is 0 Å². The predicted octanol–water partition coefficient (Wildman–Crippen LogP) is 3.75. The molecule has 0 aliphatic carbocycles. The Morgan fingerprint density at radius 3 is 2.67 bits per heavy atom. The van der Waals surface area contributed by atoms with Crippen molar-refractivity contribution in [2.24, 2.45) is 0 Å². The lowest BCUT2D eigenvalue weighted by atomic mass is 10.3. The van der Waals surface area contributed by atoms with E-state index in [2.05, 4.69) is 9.97 Å². The van der Waals surface area contributed by atoms with Crippen LogP contribution in [-0.4, -0.2) is 19.1 Å². The van der Waals surface area contributed by atoms with Crippen molar-refractivity contribution < 1.29 is 4.39 Å². The smallest absolute Gasteiger partial charge is 0.141 e. The standard InChI is InChI=1S/C13H10ClFN4.2ClH/c14-12-5-11(1-2-13(12)15)19-7-10(17-9-19)6-18-4-3-16-8-18;;/h1-5,7-9H,6H2;2*1H. The molecule has 4 nitrogen and oxygen atoms in total. The molecule has 2 aromatic heterocycles. The van der Waals surface area contributed by atoms with Crippen LogP contribution in [0.3, 0.4) is 0 Å². The summed E-state index contributed by atoms with van der Waals surface area (Å²) in [7, 11) is 0. The number of nitrogens with zero attached hydrogens (tertiary/aromatic N) is 4. The van der Waals surface area contributed by atoms with Crippen LogP contribution in [0, 0.1) is 5.82 Å². The summed E-state index contributed by atoms with van der Waals surface area (Å²) in [5, 5.41) is 0.0994. The monoisotopic (exact) mass is 348 g/mol. The highest BCUT2D eigenvalue weighted by atomic mass is 35.5. The Labute approximate surface area is 138 Å². The maximum atomic E-state index is 13.1. The lowest BCUT2D eigenvalue weighted by molar-refractivity contribution is 0.628. The van der Waals surface area contributed by atoms with Crippen molar-refractivity contribution >= 4 is 36.4 Å². The molecule has 1 aromatic carbocycles. The molecule has 0 fully saturated rings. The van der Waals surface area contributed by atoms with Gasteiger partial charge in [-0.05, 0) is 18.2 Å². The van der Waals surface area contributed by atoms with E-state index in [0.717, 1.165) is 11.4 Å². The van der Waals surface area contributed by atoms with Crippen molar-refractivity contribution in [2.45, 2.75) is 6.54 Å². The Bertz CT molecular complexity index is 697. The van der Waals surface area contributed by atoms with Crippen molar-refractivity contribution in [1.29, 1.82) is 0 Å². The van der Waals surface area contributed by atoms with E-state index in [1.54, 1.807) is 35.6 Å². The average Bonchev–Trinajstić information content (AvgIpc) is 3.05. The van der Waals surface area contributed by atoms with Crippen molar-refractivity contribution in [2.75, 3.05) is 0 Å². The topological polar surface area (TPSA) is 35.6 Å². The van der Waals surface area contributed by atoms with E-state index >= 15 is 0 Å². The second-order valence-corrected chi connectivity index (χ2v) is 4.51. The largest absolute Gasteiger partial charge is 0.331 e. The Morgan fingerprint density at radius 2 is 2.00 bits per heavy atom. The molecule has 0 saturated heterocycles. The van der Waals surface area contributed by atoms with Crippen LogP contribution in [-0.2, 0) is 6.54 Å².